The fraction of sp³-hybridized carbons (Fsp3) is 0.333. The van der Waals surface area contributed by atoms with Crippen LogP contribution in [0.3, 0.4) is 0 Å². The average Bonchev–Trinajstić information content (AvgIpc) is 2.95. The number of benzene rings is 2. The lowest BCUT2D eigenvalue weighted by molar-refractivity contribution is -0.120. The largest absolute Gasteiger partial charge is 0.370 e. The van der Waals surface area contributed by atoms with Gasteiger partial charge in [0.1, 0.15) is 0 Å². The average molecular weight is 383 g/mol. The number of amides is 1. The highest BCUT2D eigenvalue weighted by molar-refractivity contribution is 6.30. The van der Waals surface area contributed by atoms with Crippen LogP contribution in [-0.2, 0) is 4.79 Å². The molecule has 0 aromatic heterocycles. The SMILES string of the molecule is CC(C(=O)Nc1ccc(Cl)cc1)N1CCCN(c2ccc(C#N)cc2)CC1. The first-order valence-corrected chi connectivity index (χ1v) is 9.50. The summed E-state index contributed by atoms with van der Waals surface area (Å²) in [6.07, 6.45) is 0.985. The fourth-order valence-electron chi connectivity index (χ4n) is 3.28. The summed E-state index contributed by atoms with van der Waals surface area (Å²) in [7, 11) is 0. The summed E-state index contributed by atoms with van der Waals surface area (Å²) < 4.78 is 0. The third-order valence-corrected chi connectivity index (χ3v) is 5.18. The van der Waals surface area contributed by atoms with E-state index in [-0.39, 0.29) is 11.9 Å². The molecule has 140 valence electrons. The van der Waals surface area contributed by atoms with Gasteiger partial charge in [-0.1, -0.05) is 11.6 Å². The van der Waals surface area contributed by atoms with Crippen molar-refractivity contribution in [2.45, 2.75) is 19.4 Å². The van der Waals surface area contributed by atoms with E-state index in [1.54, 1.807) is 12.1 Å². The van der Waals surface area contributed by atoms with E-state index in [1.807, 2.05) is 43.3 Å². The third kappa shape index (κ3) is 5.00. The highest BCUT2D eigenvalue weighted by atomic mass is 35.5. The number of halogens is 1. The predicted molar refractivity (Wildman–Crippen MR) is 109 cm³/mol. The molecule has 1 atom stereocenters. The molecule has 1 fully saturated rings. The number of nitrogens with zero attached hydrogens (tertiary/aromatic N) is 3. The molecule has 0 spiro atoms. The van der Waals surface area contributed by atoms with Crippen molar-refractivity contribution in [3.05, 3.63) is 59.1 Å². The van der Waals surface area contributed by atoms with Gasteiger partial charge in [0.2, 0.25) is 5.91 Å². The second-order valence-corrected chi connectivity index (χ2v) is 7.14. The molecule has 6 heteroatoms. The molecule has 2 aromatic carbocycles. The standard InChI is InChI=1S/C21H23ClN4O/c1-16(21(27)24-19-7-5-18(22)6-8-19)25-11-2-12-26(14-13-25)20-9-3-17(15-23)4-10-20/h3-10,16H,2,11-14H2,1H3,(H,24,27). The fourth-order valence-corrected chi connectivity index (χ4v) is 3.40. The van der Waals surface area contributed by atoms with E-state index < -0.39 is 0 Å². The summed E-state index contributed by atoms with van der Waals surface area (Å²) >= 11 is 5.89. The Bertz CT molecular complexity index is 814. The highest BCUT2D eigenvalue weighted by Gasteiger charge is 2.24. The summed E-state index contributed by atoms with van der Waals surface area (Å²) in [4.78, 5) is 17.1. The van der Waals surface area contributed by atoms with Gasteiger partial charge in [0.25, 0.3) is 0 Å². The molecule has 0 saturated carbocycles. The Kier molecular flexibility index (Phi) is 6.33. The molecule has 1 N–H and O–H groups in total. The topological polar surface area (TPSA) is 59.4 Å². The lowest BCUT2D eigenvalue weighted by atomic mass is 10.2. The summed E-state index contributed by atoms with van der Waals surface area (Å²) in [6, 6.07) is 16.8. The Morgan fingerprint density at radius 3 is 2.44 bits per heavy atom. The van der Waals surface area contributed by atoms with Crippen LogP contribution < -0.4 is 10.2 Å². The molecule has 3 rings (SSSR count). The van der Waals surface area contributed by atoms with Crippen LogP contribution in [-0.4, -0.2) is 43.0 Å². The Hall–Kier alpha value is -2.55. The molecule has 5 nitrogen and oxygen atoms in total. The Labute approximate surface area is 165 Å². The number of hydrogen-bond donors (Lipinski definition) is 1. The number of nitriles is 1. The molecule has 0 bridgehead atoms. The van der Waals surface area contributed by atoms with E-state index in [4.69, 9.17) is 16.9 Å². The minimum Gasteiger partial charge on any atom is -0.370 e. The summed E-state index contributed by atoms with van der Waals surface area (Å²) in [5.41, 5.74) is 2.54. The van der Waals surface area contributed by atoms with Gasteiger partial charge in [0.05, 0.1) is 17.7 Å². The predicted octanol–water partition coefficient (Wildman–Crippen LogP) is 3.75. The molecular formula is C21H23ClN4O. The Morgan fingerprint density at radius 1 is 1.07 bits per heavy atom. The van der Waals surface area contributed by atoms with E-state index in [9.17, 15) is 4.79 Å². The van der Waals surface area contributed by atoms with Crippen LogP contribution in [0.2, 0.25) is 5.02 Å². The first kappa shape index (κ1) is 19.2. The minimum absolute atomic E-state index is 0.0101. The lowest BCUT2D eigenvalue weighted by Gasteiger charge is -2.27. The molecule has 0 aliphatic carbocycles. The third-order valence-electron chi connectivity index (χ3n) is 4.93. The van der Waals surface area contributed by atoms with Gasteiger partial charge in [-0.15, -0.1) is 0 Å². The molecule has 1 unspecified atom stereocenters. The number of rotatable bonds is 4. The van der Waals surface area contributed by atoms with Crippen molar-refractivity contribution < 1.29 is 4.79 Å². The normalized spacial score (nSPS) is 16.3. The van der Waals surface area contributed by atoms with Crippen LogP contribution in [0.4, 0.5) is 11.4 Å². The maximum Gasteiger partial charge on any atom is 0.241 e. The number of nitrogens with one attached hydrogen (secondary N) is 1. The van der Waals surface area contributed by atoms with E-state index in [0.717, 1.165) is 44.0 Å². The van der Waals surface area contributed by atoms with Crippen molar-refractivity contribution in [1.29, 1.82) is 5.26 Å². The summed E-state index contributed by atoms with van der Waals surface area (Å²) in [5, 5.41) is 12.5. The molecule has 1 aliphatic rings. The highest BCUT2D eigenvalue weighted by Crippen LogP contribution is 2.19. The molecule has 1 amide bonds. The Balaban J connectivity index is 1.58. The molecular weight excluding hydrogens is 360 g/mol. The molecule has 1 saturated heterocycles. The molecule has 27 heavy (non-hydrogen) atoms. The first-order chi connectivity index (χ1) is 13.1. The second-order valence-electron chi connectivity index (χ2n) is 6.71. The summed E-state index contributed by atoms with van der Waals surface area (Å²) in [5.74, 6) is -0.0101. The maximum atomic E-state index is 12.6. The van der Waals surface area contributed by atoms with Gasteiger partial charge >= 0.3 is 0 Å². The zero-order valence-electron chi connectivity index (χ0n) is 15.4. The van der Waals surface area contributed by atoms with E-state index >= 15 is 0 Å². The monoisotopic (exact) mass is 382 g/mol. The molecule has 0 radical (unpaired) electrons. The van der Waals surface area contributed by atoms with Gasteiger partial charge in [0, 0.05) is 42.6 Å². The van der Waals surface area contributed by atoms with E-state index in [1.165, 1.54) is 0 Å². The van der Waals surface area contributed by atoms with Crippen LogP contribution in [0, 0.1) is 11.3 Å². The van der Waals surface area contributed by atoms with Gasteiger partial charge < -0.3 is 10.2 Å². The van der Waals surface area contributed by atoms with Gasteiger partial charge in [-0.2, -0.15) is 5.26 Å². The van der Waals surface area contributed by atoms with Crippen molar-refractivity contribution in [3.63, 3.8) is 0 Å². The van der Waals surface area contributed by atoms with Crippen molar-refractivity contribution in [3.8, 4) is 6.07 Å². The summed E-state index contributed by atoms with van der Waals surface area (Å²) in [6.45, 7) is 5.43. The van der Waals surface area contributed by atoms with Gasteiger partial charge in [-0.3, -0.25) is 9.69 Å². The van der Waals surface area contributed by atoms with Crippen LogP contribution in [0.1, 0.15) is 18.9 Å². The second kappa shape index (κ2) is 8.90. The minimum atomic E-state index is -0.207. The van der Waals surface area contributed by atoms with E-state index in [2.05, 4.69) is 21.2 Å². The van der Waals surface area contributed by atoms with Crippen molar-refractivity contribution in [1.82, 2.24) is 4.90 Å². The van der Waals surface area contributed by atoms with Crippen molar-refractivity contribution in [2.24, 2.45) is 0 Å². The zero-order valence-corrected chi connectivity index (χ0v) is 16.1. The number of carbonyl (C=O) groups is 1. The number of anilines is 2. The van der Waals surface area contributed by atoms with Gasteiger partial charge in [0.15, 0.2) is 0 Å². The quantitative estimate of drug-likeness (QED) is 0.874. The van der Waals surface area contributed by atoms with E-state index in [0.29, 0.717) is 10.6 Å². The lowest BCUT2D eigenvalue weighted by Crippen LogP contribution is -2.43. The van der Waals surface area contributed by atoms with Gasteiger partial charge in [-0.05, 0) is 61.9 Å². The van der Waals surface area contributed by atoms with Crippen LogP contribution in [0.15, 0.2) is 48.5 Å². The van der Waals surface area contributed by atoms with Crippen molar-refractivity contribution >= 4 is 28.9 Å². The smallest absolute Gasteiger partial charge is 0.241 e. The molecule has 2 aromatic rings. The maximum absolute atomic E-state index is 12.6. The van der Waals surface area contributed by atoms with Crippen molar-refractivity contribution in [2.75, 3.05) is 36.4 Å². The number of hydrogen-bond acceptors (Lipinski definition) is 4. The number of carbonyl (C=O) groups excluding carboxylic acids is 1. The van der Waals surface area contributed by atoms with Gasteiger partial charge in [-0.25, -0.2) is 0 Å². The van der Waals surface area contributed by atoms with Crippen LogP contribution in [0.5, 0.6) is 0 Å². The van der Waals surface area contributed by atoms with Crippen LogP contribution >= 0.6 is 11.6 Å². The molecule has 1 aliphatic heterocycles. The molecule has 1 heterocycles. The zero-order chi connectivity index (χ0) is 19.2. The Morgan fingerprint density at radius 2 is 1.78 bits per heavy atom. The van der Waals surface area contributed by atoms with Crippen LogP contribution in [0.25, 0.3) is 0 Å². The first-order valence-electron chi connectivity index (χ1n) is 9.12.